The van der Waals surface area contributed by atoms with E-state index in [0.717, 1.165) is 0 Å². The fraction of sp³-hybridized carbons (Fsp3) is 0.143. The van der Waals surface area contributed by atoms with Crippen LogP contribution in [0.4, 0.5) is 4.39 Å². The number of benzene rings is 2. The van der Waals surface area contributed by atoms with E-state index in [1.165, 1.54) is 13.2 Å². The molecule has 0 saturated carbocycles. The predicted molar refractivity (Wildman–Crippen MR) is 83.1 cm³/mol. The molecular weight excluding hydrogens is 398 g/mol. The number of rotatable bonds is 4. The SMILES string of the molecule is COc1c(F)c(CO)cc(I)c1Oc1ccc(Cl)cc1. The van der Waals surface area contributed by atoms with Crippen molar-refractivity contribution >= 4 is 34.2 Å². The van der Waals surface area contributed by atoms with Crippen LogP contribution in [0.3, 0.4) is 0 Å². The Morgan fingerprint density at radius 1 is 1.25 bits per heavy atom. The van der Waals surface area contributed by atoms with E-state index in [9.17, 15) is 4.39 Å². The maximum Gasteiger partial charge on any atom is 0.198 e. The predicted octanol–water partition coefficient (Wildman–Crippen LogP) is 4.38. The third-order valence-corrected chi connectivity index (χ3v) is 3.67. The first kappa shape index (κ1) is 15.3. The molecule has 0 radical (unpaired) electrons. The first-order chi connectivity index (χ1) is 9.56. The summed E-state index contributed by atoms with van der Waals surface area (Å²) in [4.78, 5) is 0. The molecule has 3 nitrogen and oxygen atoms in total. The second kappa shape index (κ2) is 6.60. The highest BCUT2D eigenvalue weighted by Crippen LogP contribution is 2.39. The summed E-state index contributed by atoms with van der Waals surface area (Å²) in [6.45, 7) is -0.403. The normalized spacial score (nSPS) is 10.4. The zero-order chi connectivity index (χ0) is 14.7. The molecule has 0 heterocycles. The summed E-state index contributed by atoms with van der Waals surface area (Å²) in [5.41, 5.74) is 0.162. The number of methoxy groups -OCH3 is 1. The molecule has 2 aromatic rings. The molecule has 2 rings (SSSR count). The Morgan fingerprint density at radius 2 is 1.90 bits per heavy atom. The molecule has 20 heavy (non-hydrogen) atoms. The number of halogens is 3. The second-order valence-electron chi connectivity index (χ2n) is 3.91. The van der Waals surface area contributed by atoms with Crippen molar-refractivity contribution in [2.75, 3.05) is 7.11 Å². The van der Waals surface area contributed by atoms with Crippen molar-refractivity contribution in [1.29, 1.82) is 0 Å². The van der Waals surface area contributed by atoms with E-state index in [4.69, 9.17) is 26.2 Å². The van der Waals surface area contributed by atoms with Gasteiger partial charge in [0.15, 0.2) is 17.3 Å². The van der Waals surface area contributed by atoms with E-state index >= 15 is 0 Å². The lowest BCUT2D eigenvalue weighted by atomic mass is 10.2. The van der Waals surface area contributed by atoms with Gasteiger partial charge in [0.2, 0.25) is 0 Å². The van der Waals surface area contributed by atoms with Gasteiger partial charge in [-0.15, -0.1) is 0 Å². The number of ether oxygens (including phenoxy) is 2. The number of aliphatic hydroxyl groups is 1. The van der Waals surface area contributed by atoms with Crippen LogP contribution in [0.25, 0.3) is 0 Å². The molecule has 0 aliphatic carbocycles. The Labute approximate surface area is 134 Å². The smallest absolute Gasteiger partial charge is 0.198 e. The van der Waals surface area contributed by atoms with Crippen LogP contribution in [0.2, 0.25) is 5.02 Å². The highest BCUT2D eigenvalue weighted by atomic mass is 127. The van der Waals surface area contributed by atoms with Gasteiger partial charge in [-0.1, -0.05) is 11.6 Å². The van der Waals surface area contributed by atoms with E-state index in [-0.39, 0.29) is 17.1 Å². The van der Waals surface area contributed by atoms with Crippen molar-refractivity contribution in [1.82, 2.24) is 0 Å². The van der Waals surface area contributed by atoms with Gasteiger partial charge in [-0.05, 0) is 52.9 Å². The molecule has 1 N–H and O–H groups in total. The molecule has 0 aromatic heterocycles. The maximum absolute atomic E-state index is 14.1. The summed E-state index contributed by atoms with van der Waals surface area (Å²) in [5, 5.41) is 9.70. The molecular formula is C14H11ClFIO3. The van der Waals surface area contributed by atoms with Gasteiger partial charge < -0.3 is 14.6 Å². The van der Waals surface area contributed by atoms with Gasteiger partial charge in [0.05, 0.1) is 17.3 Å². The van der Waals surface area contributed by atoms with Crippen molar-refractivity contribution in [2.45, 2.75) is 6.61 Å². The van der Waals surface area contributed by atoms with Crippen LogP contribution in [-0.2, 0) is 6.61 Å². The van der Waals surface area contributed by atoms with E-state index in [2.05, 4.69) is 0 Å². The minimum Gasteiger partial charge on any atom is -0.490 e. The highest BCUT2D eigenvalue weighted by Gasteiger charge is 2.19. The summed E-state index contributed by atoms with van der Waals surface area (Å²) < 4.78 is 25.4. The molecule has 0 aliphatic rings. The fourth-order valence-electron chi connectivity index (χ4n) is 1.65. The first-order valence-corrected chi connectivity index (χ1v) is 7.11. The lowest BCUT2D eigenvalue weighted by Crippen LogP contribution is -2.00. The van der Waals surface area contributed by atoms with Crippen LogP contribution >= 0.6 is 34.2 Å². The molecule has 0 bridgehead atoms. The summed E-state index contributed by atoms with van der Waals surface area (Å²) >= 11 is 7.80. The molecule has 0 spiro atoms. The Kier molecular flexibility index (Phi) is 5.06. The van der Waals surface area contributed by atoms with Crippen LogP contribution in [0.5, 0.6) is 17.2 Å². The lowest BCUT2D eigenvalue weighted by molar-refractivity contribution is 0.271. The molecule has 6 heteroatoms. The van der Waals surface area contributed by atoms with Crippen molar-refractivity contribution in [3.8, 4) is 17.2 Å². The zero-order valence-electron chi connectivity index (χ0n) is 10.5. The molecule has 0 aliphatic heterocycles. The minimum absolute atomic E-state index is 0.0316. The fourth-order valence-corrected chi connectivity index (χ4v) is 2.51. The molecule has 106 valence electrons. The Hall–Kier alpha value is -1.05. The van der Waals surface area contributed by atoms with Crippen molar-refractivity contribution in [3.63, 3.8) is 0 Å². The van der Waals surface area contributed by atoms with Crippen LogP contribution < -0.4 is 9.47 Å². The molecule has 0 atom stereocenters. The van der Waals surface area contributed by atoms with E-state index in [0.29, 0.717) is 14.3 Å². The topological polar surface area (TPSA) is 38.7 Å². The summed E-state index contributed by atoms with van der Waals surface area (Å²) in [7, 11) is 1.35. The molecule has 2 aromatic carbocycles. The first-order valence-electron chi connectivity index (χ1n) is 5.66. The average molecular weight is 409 g/mol. The van der Waals surface area contributed by atoms with Crippen molar-refractivity contribution in [3.05, 3.63) is 50.3 Å². The molecule has 0 unspecified atom stereocenters. The second-order valence-corrected chi connectivity index (χ2v) is 5.51. The van der Waals surface area contributed by atoms with Crippen molar-refractivity contribution < 1.29 is 19.0 Å². The van der Waals surface area contributed by atoms with E-state index < -0.39 is 12.4 Å². The van der Waals surface area contributed by atoms with Gasteiger partial charge in [-0.2, -0.15) is 0 Å². The number of hydrogen-bond donors (Lipinski definition) is 1. The third kappa shape index (κ3) is 3.16. The van der Waals surface area contributed by atoms with Gasteiger partial charge in [0, 0.05) is 10.6 Å². The highest BCUT2D eigenvalue weighted by molar-refractivity contribution is 14.1. The van der Waals surface area contributed by atoms with Crippen LogP contribution in [0, 0.1) is 9.39 Å². The van der Waals surface area contributed by atoms with E-state index in [1.807, 2.05) is 22.6 Å². The lowest BCUT2D eigenvalue weighted by Gasteiger charge is -2.15. The molecule has 0 amide bonds. The maximum atomic E-state index is 14.1. The van der Waals surface area contributed by atoms with Crippen LogP contribution in [0.1, 0.15) is 5.56 Å². The van der Waals surface area contributed by atoms with Gasteiger partial charge in [-0.3, -0.25) is 0 Å². The summed E-state index contributed by atoms with van der Waals surface area (Å²) in [6.07, 6.45) is 0. The van der Waals surface area contributed by atoms with Gasteiger partial charge >= 0.3 is 0 Å². The van der Waals surface area contributed by atoms with Crippen LogP contribution in [0.15, 0.2) is 30.3 Å². The van der Waals surface area contributed by atoms with Crippen LogP contribution in [-0.4, -0.2) is 12.2 Å². The minimum atomic E-state index is -0.626. The van der Waals surface area contributed by atoms with Crippen molar-refractivity contribution in [2.24, 2.45) is 0 Å². The Balaban J connectivity index is 2.45. The largest absolute Gasteiger partial charge is 0.490 e. The molecule has 0 fully saturated rings. The Morgan fingerprint density at radius 3 is 2.45 bits per heavy atom. The zero-order valence-corrected chi connectivity index (χ0v) is 13.4. The number of hydrogen-bond acceptors (Lipinski definition) is 3. The van der Waals surface area contributed by atoms with Gasteiger partial charge in [-0.25, -0.2) is 4.39 Å². The van der Waals surface area contributed by atoms with E-state index in [1.54, 1.807) is 24.3 Å². The summed E-state index contributed by atoms with van der Waals surface area (Å²) in [5.74, 6) is 0.127. The Bertz CT molecular complexity index is 617. The van der Waals surface area contributed by atoms with Gasteiger partial charge in [0.25, 0.3) is 0 Å². The number of aliphatic hydroxyl groups excluding tert-OH is 1. The quantitative estimate of drug-likeness (QED) is 0.763. The average Bonchev–Trinajstić information content (AvgIpc) is 2.45. The summed E-state index contributed by atoms with van der Waals surface area (Å²) in [6, 6.07) is 8.22. The molecule has 0 saturated heterocycles. The third-order valence-electron chi connectivity index (χ3n) is 2.61. The monoisotopic (exact) mass is 408 g/mol. The standard InChI is InChI=1S/C14H11ClFIO3/c1-19-14-12(16)8(7-18)6-11(17)13(14)20-10-4-2-9(15)3-5-10/h2-6,18H,7H2,1H3. The van der Waals surface area contributed by atoms with Gasteiger partial charge in [0.1, 0.15) is 5.75 Å².